The average Bonchev–Trinajstić information content (AvgIpc) is 2.91. The molecule has 0 bridgehead atoms. The van der Waals surface area contributed by atoms with Crippen LogP contribution in [0.5, 0.6) is 5.75 Å². The lowest BCUT2D eigenvalue weighted by atomic mass is 9.82. The van der Waals surface area contributed by atoms with Crippen molar-refractivity contribution in [2.75, 3.05) is 12.4 Å². The van der Waals surface area contributed by atoms with Crippen LogP contribution in [0.4, 0.5) is 11.4 Å². The number of aromatic nitrogens is 1. The van der Waals surface area contributed by atoms with E-state index < -0.39 is 0 Å². The number of ketones is 1. The normalized spacial score (nSPS) is 12.4. The summed E-state index contributed by atoms with van der Waals surface area (Å²) in [6.07, 6.45) is 0. The molecule has 0 radical (unpaired) electrons. The molecule has 6 rings (SSSR count). The number of fused-ring (bicyclic) bond motifs is 2. The SMILES string of the molecule is COc1cc(Nc2ccccc2)c2c3c(cc(-c4ccc(C(C)(C)C)cc4)nc13)-c1ccccc1C2=O. The second-order valence-electron chi connectivity index (χ2n) is 10.5. The van der Waals surface area contributed by atoms with Crippen LogP contribution in [0.3, 0.4) is 0 Å². The summed E-state index contributed by atoms with van der Waals surface area (Å²) in [6, 6.07) is 30.2. The first-order chi connectivity index (χ1) is 17.8. The minimum absolute atomic E-state index is 0.0155. The van der Waals surface area contributed by atoms with Crippen LogP contribution in [0, 0.1) is 0 Å². The Hall–Kier alpha value is -4.44. The van der Waals surface area contributed by atoms with Crippen molar-refractivity contribution in [2.24, 2.45) is 0 Å². The number of anilines is 2. The van der Waals surface area contributed by atoms with Gasteiger partial charge in [-0.3, -0.25) is 4.79 Å². The zero-order valence-corrected chi connectivity index (χ0v) is 21.4. The predicted molar refractivity (Wildman–Crippen MR) is 151 cm³/mol. The number of rotatable bonds is 4. The first-order valence-electron chi connectivity index (χ1n) is 12.5. The molecule has 1 N–H and O–H groups in total. The van der Waals surface area contributed by atoms with Crippen LogP contribution in [-0.4, -0.2) is 17.9 Å². The van der Waals surface area contributed by atoms with E-state index in [1.54, 1.807) is 7.11 Å². The summed E-state index contributed by atoms with van der Waals surface area (Å²) < 4.78 is 5.85. The second kappa shape index (κ2) is 8.59. The molecular formula is C33H28N2O2. The number of carbonyl (C=O) groups is 1. The number of hydrogen-bond donors (Lipinski definition) is 1. The smallest absolute Gasteiger partial charge is 0.196 e. The summed E-state index contributed by atoms with van der Waals surface area (Å²) in [7, 11) is 1.65. The molecule has 1 aliphatic carbocycles. The van der Waals surface area contributed by atoms with Crippen LogP contribution < -0.4 is 10.1 Å². The van der Waals surface area contributed by atoms with Gasteiger partial charge in [-0.2, -0.15) is 0 Å². The molecular weight excluding hydrogens is 456 g/mol. The molecule has 182 valence electrons. The molecule has 0 amide bonds. The van der Waals surface area contributed by atoms with E-state index in [1.165, 1.54) is 5.56 Å². The number of methoxy groups -OCH3 is 1. The molecule has 0 spiro atoms. The van der Waals surface area contributed by atoms with Crippen LogP contribution >= 0.6 is 0 Å². The number of carbonyl (C=O) groups excluding carboxylic acids is 1. The summed E-state index contributed by atoms with van der Waals surface area (Å²) in [6.45, 7) is 6.63. The number of nitrogens with zero attached hydrogens (tertiary/aromatic N) is 1. The van der Waals surface area contributed by atoms with Gasteiger partial charge in [-0.1, -0.05) is 87.5 Å². The Morgan fingerprint density at radius 3 is 2.14 bits per heavy atom. The van der Waals surface area contributed by atoms with Gasteiger partial charge in [0.05, 0.1) is 24.1 Å². The Balaban J connectivity index is 1.64. The van der Waals surface area contributed by atoms with Gasteiger partial charge < -0.3 is 10.1 Å². The molecule has 4 heteroatoms. The number of benzene rings is 4. The quantitative estimate of drug-likeness (QED) is 0.274. The van der Waals surface area contributed by atoms with E-state index in [1.807, 2.05) is 60.7 Å². The molecule has 0 saturated heterocycles. The van der Waals surface area contributed by atoms with Gasteiger partial charge in [0.1, 0.15) is 11.3 Å². The monoisotopic (exact) mass is 484 g/mol. The molecule has 4 aromatic carbocycles. The zero-order valence-electron chi connectivity index (χ0n) is 21.4. The van der Waals surface area contributed by atoms with Crippen LogP contribution in [0.2, 0.25) is 0 Å². The zero-order chi connectivity index (χ0) is 25.7. The molecule has 1 aromatic heterocycles. The Kier molecular flexibility index (Phi) is 5.34. The molecule has 1 aliphatic rings. The van der Waals surface area contributed by atoms with Gasteiger partial charge in [0.25, 0.3) is 0 Å². The summed E-state index contributed by atoms with van der Waals surface area (Å²) in [4.78, 5) is 18.9. The van der Waals surface area contributed by atoms with Gasteiger partial charge in [-0.15, -0.1) is 0 Å². The topological polar surface area (TPSA) is 51.2 Å². The van der Waals surface area contributed by atoms with Crippen molar-refractivity contribution in [3.05, 3.63) is 108 Å². The van der Waals surface area contributed by atoms with Crippen molar-refractivity contribution in [1.29, 1.82) is 0 Å². The molecule has 0 aliphatic heterocycles. The minimum Gasteiger partial charge on any atom is -0.494 e. The van der Waals surface area contributed by atoms with Crippen molar-refractivity contribution in [2.45, 2.75) is 26.2 Å². The highest BCUT2D eigenvalue weighted by Crippen LogP contribution is 2.46. The fourth-order valence-electron chi connectivity index (χ4n) is 5.10. The van der Waals surface area contributed by atoms with Crippen LogP contribution in [0.1, 0.15) is 42.3 Å². The molecule has 0 fully saturated rings. The number of ether oxygens (including phenoxy) is 1. The highest BCUT2D eigenvalue weighted by molar-refractivity contribution is 6.29. The van der Waals surface area contributed by atoms with E-state index in [0.717, 1.165) is 33.5 Å². The lowest BCUT2D eigenvalue weighted by Crippen LogP contribution is -2.14. The van der Waals surface area contributed by atoms with E-state index in [-0.39, 0.29) is 11.2 Å². The third kappa shape index (κ3) is 3.86. The largest absolute Gasteiger partial charge is 0.494 e. The lowest BCUT2D eigenvalue weighted by Gasteiger charge is -2.24. The van der Waals surface area contributed by atoms with Gasteiger partial charge in [-0.25, -0.2) is 4.98 Å². The summed E-state index contributed by atoms with van der Waals surface area (Å²) in [5.41, 5.74) is 8.72. The van der Waals surface area contributed by atoms with Crippen molar-refractivity contribution < 1.29 is 9.53 Å². The van der Waals surface area contributed by atoms with E-state index in [2.05, 4.69) is 56.4 Å². The van der Waals surface area contributed by atoms with Crippen LogP contribution in [0.25, 0.3) is 33.3 Å². The Labute approximate surface area is 217 Å². The van der Waals surface area contributed by atoms with Crippen molar-refractivity contribution in [3.8, 4) is 28.1 Å². The molecule has 0 unspecified atom stereocenters. The molecule has 37 heavy (non-hydrogen) atoms. The van der Waals surface area contributed by atoms with Crippen molar-refractivity contribution >= 4 is 28.1 Å². The summed E-state index contributed by atoms with van der Waals surface area (Å²) in [5, 5.41) is 4.27. The maximum Gasteiger partial charge on any atom is 0.196 e. The second-order valence-corrected chi connectivity index (χ2v) is 10.5. The number of nitrogens with one attached hydrogen (secondary N) is 1. The van der Waals surface area contributed by atoms with Gasteiger partial charge in [-0.05, 0) is 40.3 Å². The standard InChI is InChI=1S/C33H28N2O2/c1-33(2,3)21-16-14-20(15-17-21)26-18-25-23-12-8-9-13-24(23)32(36)30-27(34-22-10-6-5-7-11-22)19-28(37-4)31(35-26)29(25)30/h5-19,34H,1-4H3. The molecule has 4 nitrogen and oxygen atoms in total. The third-order valence-electron chi connectivity index (χ3n) is 7.06. The van der Waals surface area contributed by atoms with Crippen molar-refractivity contribution in [1.82, 2.24) is 4.98 Å². The lowest BCUT2D eigenvalue weighted by molar-refractivity contribution is 0.104. The average molecular weight is 485 g/mol. The summed E-state index contributed by atoms with van der Waals surface area (Å²) >= 11 is 0. The predicted octanol–water partition coefficient (Wildman–Crippen LogP) is 8.16. The number of pyridine rings is 1. The Morgan fingerprint density at radius 1 is 0.784 bits per heavy atom. The highest BCUT2D eigenvalue weighted by atomic mass is 16.5. The van der Waals surface area contributed by atoms with Gasteiger partial charge in [0.15, 0.2) is 5.78 Å². The Morgan fingerprint density at radius 2 is 1.46 bits per heavy atom. The summed E-state index contributed by atoms with van der Waals surface area (Å²) in [5.74, 6) is 0.608. The van der Waals surface area contributed by atoms with E-state index in [0.29, 0.717) is 28.1 Å². The van der Waals surface area contributed by atoms with Gasteiger partial charge >= 0.3 is 0 Å². The maximum absolute atomic E-state index is 13.9. The number of para-hydroxylation sites is 1. The third-order valence-corrected chi connectivity index (χ3v) is 7.06. The fourth-order valence-corrected chi connectivity index (χ4v) is 5.10. The van der Waals surface area contributed by atoms with Crippen LogP contribution in [-0.2, 0) is 5.41 Å². The van der Waals surface area contributed by atoms with E-state index in [4.69, 9.17) is 9.72 Å². The Bertz CT molecular complexity index is 1660. The first kappa shape index (κ1) is 23.0. The molecule has 5 aromatic rings. The molecule has 0 atom stereocenters. The molecule has 0 saturated carbocycles. The maximum atomic E-state index is 13.9. The fraction of sp³-hybridized carbons (Fsp3) is 0.152. The molecule has 1 heterocycles. The van der Waals surface area contributed by atoms with E-state index >= 15 is 0 Å². The van der Waals surface area contributed by atoms with Crippen molar-refractivity contribution in [3.63, 3.8) is 0 Å². The van der Waals surface area contributed by atoms with Gasteiger partial charge in [0.2, 0.25) is 0 Å². The number of hydrogen-bond acceptors (Lipinski definition) is 4. The highest BCUT2D eigenvalue weighted by Gasteiger charge is 2.30. The minimum atomic E-state index is -0.0155. The first-order valence-corrected chi connectivity index (χ1v) is 12.5. The van der Waals surface area contributed by atoms with Gasteiger partial charge in [0, 0.05) is 28.3 Å². The van der Waals surface area contributed by atoms with Crippen LogP contribution in [0.15, 0.2) is 91.0 Å². The van der Waals surface area contributed by atoms with E-state index in [9.17, 15) is 4.79 Å².